The summed E-state index contributed by atoms with van der Waals surface area (Å²) in [6.07, 6.45) is -4.61. The van der Waals surface area contributed by atoms with Crippen LogP contribution < -0.4 is 15.8 Å². The van der Waals surface area contributed by atoms with E-state index in [0.29, 0.717) is 37.7 Å². The molecule has 1 saturated heterocycles. The predicted octanol–water partition coefficient (Wildman–Crippen LogP) is 3.58. The number of rotatable bonds is 6. The van der Waals surface area contributed by atoms with Crippen molar-refractivity contribution in [3.8, 4) is 5.75 Å². The molecule has 168 valence electrons. The van der Waals surface area contributed by atoms with Gasteiger partial charge in [-0.1, -0.05) is 23.7 Å². The van der Waals surface area contributed by atoms with Crippen molar-refractivity contribution in [3.05, 3.63) is 58.1 Å². The van der Waals surface area contributed by atoms with E-state index in [1.54, 1.807) is 0 Å². The third kappa shape index (κ3) is 6.03. The second kappa shape index (κ2) is 9.76. The topological polar surface area (TPSA) is 76.8 Å². The standard InChI is InChI=1S/C21H23ClF3N3O3/c1-30-19-9-18(26)17(22)8-16(19)20(29)27-10-15-12-28(6-7-31-15)11-13-2-4-14(5-3-13)21(23,24)25/h2-5,8-9,15H,6-7,10-12,26H2,1H3,(H,27,29). The Morgan fingerprint density at radius 1 is 1.32 bits per heavy atom. The molecule has 1 fully saturated rings. The van der Waals surface area contributed by atoms with Crippen LogP contribution in [-0.2, 0) is 17.5 Å². The summed E-state index contributed by atoms with van der Waals surface area (Å²) in [6, 6.07) is 8.06. The highest BCUT2D eigenvalue weighted by Gasteiger charge is 2.30. The van der Waals surface area contributed by atoms with Gasteiger partial charge in [0, 0.05) is 32.2 Å². The maximum atomic E-state index is 12.7. The Balaban J connectivity index is 1.55. The van der Waals surface area contributed by atoms with Crippen LogP contribution in [0.25, 0.3) is 0 Å². The summed E-state index contributed by atoms with van der Waals surface area (Å²) in [5, 5.41) is 3.06. The highest BCUT2D eigenvalue weighted by Crippen LogP contribution is 2.30. The molecule has 1 heterocycles. The van der Waals surface area contributed by atoms with E-state index in [9.17, 15) is 18.0 Å². The molecule has 3 rings (SSSR count). The van der Waals surface area contributed by atoms with E-state index >= 15 is 0 Å². The smallest absolute Gasteiger partial charge is 0.416 e. The molecule has 1 unspecified atom stereocenters. The van der Waals surface area contributed by atoms with Gasteiger partial charge in [-0.2, -0.15) is 13.2 Å². The molecule has 0 bridgehead atoms. The zero-order valence-corrected chi connectivity index (χ0v) is 17.6. The number of methoxy groups -OCH3 is 1. The molecule has 3 N–H and O–H groups in total. The summed E-state index contributed by atoms with van der Waals surface area (Å²) in [7, 11) is 1.43. The van der Waals surface area contributed by atoms with Gasteiger partial charge in [0.2, 0.25) is 0 Å². The Bertz CT molecular complexity index is 923. The number of nitrogens with two attached hydrogens (primary N) is 1. The van der Waals surface area contributed by atoms with Crippen LogP contribution in [0.1, 0.15) is 21.5 Å². The summed E-state index contributed by atoms with van der Waals surface area (Å²) in [5.41, 5.74) is 6.42. The van der Waals surface area contributed by atoms with Crippen LogP contribution in [0.15, 0.2) is 36.4 Å². The van der Waals surface area contributed by atoms with Gasteiger partial charge in [0.15, 0.2) is 0 Å². The third-order valence-electron chi connectivity index (χ3n) is 4.96. The van der Waals surface area contributed by atoms with Crippen molar-refractivity contribution in [3.63, 3.8) is 0 Å². The summed E-state index contributed by atoms with van der Waals surface area (Å²) in [5.74, 6) is -0.0601. The Labute approximate surface area is 183 Å². The minimum Gasteiger partial charge on any atom is -0.496 e. The highest BCUT2D eigenvalue weighted by atomic mass is 35.5. The quantitative estimate of drug-likeness (QED) is 0.648. The average molecular weight is 458 g/mol. The van der Waals surface area contributed by atoms with Gasteiger partial charge in [-0.15, -0.1) is 0 Å². The fourth-order valence-electron chi connectivity index (χ4n) is 3.32. The van der Waals surface area contributed by atoms with Gasteiger partial charge in [0.1, 0.15) is 5.75 Å². The normalized spacial score (nSPS) is 17.4. The summed E-state index contributed by atoms with van der Waals surface area (Å²) >= 11 is 6.01. The number of benzene rings is 2. The van der Waals surface area contributed by atoms with Gasteiger partial charge < -0.3 is 20.5 Å². The number of ether oxygens (including phenoxy) is 2. The van der Waals surface area contributed by atoms with Gasteiger partial charge in [0.05, 0.1) is 41.7 Å². The lowest BCUT2D eigenvalue weighted by Gasteiger charge is -2.33. The van der Waals surface area contributed by atoms with Crippen LogP contribution in [0.3, 0.4) is 0 Å². The van der Waals surface area contributed by atoms with E-state index in [1.165, 1.54) is 31.4 Å². The summed E-state index contributed by atoms with van der Waals surface area (Å²) in [4.78, 5) is 14.6. The Hall–Kier alpha value is -2.49. The summed E-state index contributed by atoms with van der Waals surface area (Å²) in [6.45, 7) is 2.38. The van der Waals surface area contributed by atoms with E-state index in [-0.39, 0.29) is 29.1 Å². The number of nitrogen functional groups attached to an aromatic ring is 1. The van der Waals surface area contributed by atoms with Crippen LogP contribution in [0.5, 0.6) is 5.75 Å². The predicted molar refractivity (Wildman–Crippen MR) is 111 cm³/mol. The molecule has 6 nitrogen and oxygen atoms in total. The minimum absolute atomic E-state index is 0.252. The molecule has 31 heavy (non-hydrogen) atoms. The first kappa shape index (κ1) is 23.2. The second-order valence-corrected chi connectivity index (χ2v) is 7.61. The number of halogens is 4. The number of nitrogens with one attached hydrogen (secondary N) is 1. The SMILES string of the molecule is COc1cc(N)c(Cl)cc1C(=O)NCC1CN(Cc2ccc(C(F)(F)F)cc2)CCO1. The molecule has 1 aliphatic heterocycles. The van der Waals surface area contributed by atoms with Crippen molar-refractivity contribution in [1.29, 1.82) is 0 Å². The number of carbonyl (C=O) groups is 1. The van der Waals surface area contributed by atoms with Gasteiger partial charge >= 0.3 is 6.18 Å². The highest BCUT2D eigenvalue weighted by molar-refractivity contribution is 6.33. The van der Waals surface area contributed by atoms with Crippen LogP contribution >= 0.6 is 11.6 Å². The number of alkyl halides is 3. The fraction of sp³-hybridized carbons (Fsp3) is 0.381. The number of hydrogen-bond acceptors (Lipinski definition) is 5. The molecule has 0 radical (unpaired) electrons. The second-order valence-electron chi connectivity index (χ2n) is 7.21. The van der Waals surface area contributed by atoms with Crippen LogP contribution in [0, 0.1) is 0 Å². The molecule has 10 heteroatoms. The van der Waals surface area contributed by atoms with Gasteiger partial charge in [-0.3, -0.25) is 9.69 Å². The van der Waals surface area contributed by atoms with E-state index in [0.717, 1.165) is 17.7 Å². The fourth-order valence-corrected chi connectivity index (χ4v) is 3.49. The Morgan fingerprint density at radius 2 is 2.03 bits per heavy atom. The van der Waals surface area contributed by atoms with Crippen LogP contribution in [0.4, 0.5) is 18.9 Å². The van der Waals surface area contributed by atoms with E-state index < -0.39 is 11.7 Å². The molecule has 0 aromatic heterocycles. The van der Waals surface area contributed by atoms with E-state index in [2.05, 4.69) is 10.2 Å². The zero-order chi connectivity index (χ0) is 22.6. The Kier molecular flexibility index (Phi) is 7.30. The van der Waals surface area contributed by atoms with E-state index in [4.69, 9.17) is 26.8 Å². The van der Waals surface area contributed by atoms with Crippen LogP contribution in [-0.4, -0.2) is 50.3 Å². The largest absolute Gasteiger partial charge is 0.496 e. The molecule has 1 aliphatic rings. The van der Waals surface area contributed by atoms with Crippen LogP contribution in [0.2, 0.25) is 5.02 Å². The molecule has 0 aliphatic carbocycles. The van der Waals surface area contributed by atoms with Crippen molar-refractivity contribution in [2.75, 3.05) is 39.1 Å². The molecule has 1 atom stereocenters. The number of carbonyl (C=O) groups excluding carboxylic acids is 1. The molecule has 1 amide bonds. The lowest BCUT2D eigenvalue weighted by atomic mass is 10.1. The number of amides is 1. The van der Waals surface area contributed by atoms with Crippen molar-refractivity contribution in [1.82, 2.24) is 10.2 Å². The minimum atomic E-state index is -4.35. The first-order valence-electron chi connectivity index (χ1n) is 9.58. The molecule has 0 spiro atoms. The third-order valence-corrected chi connectivity index (χ3v) is 5.29. The van der Waals surface area contributed by atoms with Gasteiger partial charge in [-0.05, 0) is 23.8 Å². The molecule has 2 aromatic rings. The maximum Gasteiger partial charge on any atom is 0.416 e. The number of nitrogens with zero attached hydrogens (tertiary/aromatic N) is 1. The zero-order valence-electron chi connectivity index (χ0n) is 16.8. The molecule has 2 aromatic carbocycles. The molecular formula is C21H23ClF3N3O3. The lowest BCUT2D eigenvalue weighted by Crippen LogP contribution is -2.47. The first-order valence-corrected chi connectivity index (χ1v) is 9.96. The van der Waals surface area contributed by atoms with Crippen molar-refractivity contribution in [2.24, 2.45) is 0 Å². The van der Waals surface area contributed by atoms with Crippen molar-refractivity contribution >= 4 is 23.2 Å². The molecule has 0 saturated carbocycles. The number of hydrogen-bond donors (Lipinski definition) is 2. The maximum absolute atomic E-state index is 12.7. The summed E-state index contributed by atoms with van der Waals surface area (Å²) < 4.78 is 49.0. The van der Waals surface area contributed by atoms with E-state index in [1.807, 2.05) is 0 Å². The average Bonchev–Trinajstić information content (AvgIpc) is 2.73. The monoisotopic (exact) mass is 457 g/mol. The molecular weight excluding hydrogens is 435 g/mol. The number of anilines is 1. The van der Waals surface area contributed by atoms with Crippen molar-refractivity contribution in [2.45, 2.75) is 18.8 Å². The lowest BCUT2D eigenvalue weighted by molar-refractivity contribution is -0.137. The van der Waals surface area contributed by atoms with Crippen molar-refractivity contribution < 1.29 is 27.4 Å². The van der Waals surface area contributed by atoms with Gasteiger partial charge in [-0.25, -0.2) is 0 Å². The first-order chi connectivity index (χ1) is 14.7. The number of morpholine rings is 1. The Morgan fingerprint density at radius 3 is 2.68 bits per heavy atom. The van der Waals surface area contributed by atoms with Gasteiger partial charge in [0.25, 0.3) is 5.91 Å².